The lowest BCUT2D eigenvalue weighted by Gasteiger charge is -2.18. The lowest BCUT2D eigenvalue weighted by atomic mass is 10.0. The number of anilines is 1. The minimum Gasteiger partial charge on any atom is -0.328 e. The van der Waals surface area contributed by atoms with E-state index in [1.165, 1.54) is 0 Å². The van der Waals surface area contributed by atoms with Crippen LogP contribution in [0.3, 0.4) is 0 Å². The number of benzene rings is 1. The third-order valence-electron chi connectivity index (χ3n) is 3.50. The average Bonchev–Trinajstić information content (AvgIpc) is 2.89. The number of hydrogen-bond acceptors (Lipinski definition) is 3. The predicted molar refractivity (Wildman–Crippen MR) is 73.5 cm³/mol. The highest BCUT2D eigenvalue weighted by Crippen LogP contribution is 2.20. The van der Waals surface area contributed by atoms with Gasteiger partial charge in [0.1, 0.15) is 0 Å². The zero-order valence-corrected chi connectivity index (χ0v) is 11.0. The molecule has 1 aliphatic rings. The Morgan fingerprint density at radius 1 is 1.63 bits per heavy atom. The number of amides is 2. The fraction of sp³-hybridized carbons (Fsp3) is 0.429. The molecule has 1 aliphatic heterocycles. The Balaban J connectivity index is 1.96. The van der Waals surface area contributed by atoms with E-state index in [2.05, 4.69) is 11.4 Å². The van der Waals surface area contributed by atoms with Crippen molar-refractivity contribution in [3.8, 4) is 6.07 Å². The van der Waals surface area contributed by atoms with E-state index in [0.717, 1.165) is 13.0 Å². The smallest absolute Gasteiger partial charge is 0.321 e. The summed E-state index contributed by atoms with van der Waals surface area (Å²) in [7, 11) is 0. The molecule has 5 nitrogen and oxygen atoms in total. The number of hydrogen-bond donors (Lipinski definition) is 2. The topological polar surface area (TPSA) is 82.2 Å². The van der Waals surface area contributed by atoms with Crippen molar-refractivity contribution in [2.75, 3.05) is 18.4 Å². The molecule has 1 fully saturated rings. The summed E-state index contributed by atoms with van der Waals surface area (Å²) in [5.74, 6) is 0.371. The number of nitrogens with zero attached hydrogens (tertiary/aromatic N) is 2. The Kier molecular flexibility index (Phi) is 4.03. The van der Waals surface area contributed by atoms with E-state index in [9.17, 15) is 4.79 Å². The van der Waals surface area contributed by atoms with Crippen LogP contribution in [0.25, 0.3) is 0 Å². The Labute approximate surface area is 113 Å². The monoisotopic (exact) mass is 258 g/mol. The van der Waals surface area contributed by atoms with Crippen molar-refractivity contribution in [1.29, 1.82) is 5.26 Å². The third kappa shape index (κ3) is 3.24. The highest BCUT2D eigenvalue weighted by Gasteiger charge is 2.28. The molecule has 2 amide bonds. The number of nitrogens with one attached hydrogen (secondary N) is 1. The predicted octanol–water partition coefficient (Wildman–Crippen LogP) is 1.76. The lowest BCUT2D eigenvalue weighted by Crippen LogP contribution is -2.35. The molecule has 19 heavy (non-hydrogen) atoms. The number of nitrogens with two attached hydrogens (primary N) is 1. The standard InChI is InChI=1S/C14H18N4O/c1-10(16)12-5-6-18(9-12)14(19)17-13-4-2-3-11(7-13)8-15/h2-4,7,10,12H,5-6,9,16H2,1H3,(H,17,19). The minimum absolute atomic E-state index is 0.111. The largest absolute Gasteiger partial charge is 0.328 e. The van der Waals surface area contributed by atoms with Crippen molar-refractivity contribution in [1.82, 2.24) is 4.90 Å². The van der Waals surface area contributed by atoms with E-state index in [0.29, 0.717) is 23.7 Å². The molecule has 100 valence electrons. The second-order valence-corrected chi connectivity index (χ2v) is 4.98. The molecule has 5 heteroatoms. The number of nitriles is 1. The molecule has 1 aromatic rings. The molecule has 1 aromatic carbocycles. The molecule has 2 unspecified atom stereocenters. The van der Waals surface area contributed by atoms with Crippen LogP contribution in [0.1, 0.15) is 18.9 Å². The van der Waals surface area contributed by atoms with Gasteiger partial charge in [0.2, 0.25) is 0 Å². The van der Waals surface area contributed by atoms with Crippen molar-refractivity contribution in [3.63, 3.8) is 0 Å². The fourth-order valence-corrected chi connectivity index (χ4v) is 2.27. The molecule has 2 atom stereocenters. The SMILES string of the molecule is CC(N)C1CCN(C(=O)Nc2cccc(C#N)c2)C1. The molecule has 0 radical (unpaired) electrons. The van der Waals surface area contributed by atoms with Crippen LogP contribution in [-0.4, -0.2) is 30.1 Å². The van der Waals surface area contributed by atoms with Crippen molar-refractivity contribution < 1.29 is 4.79 Å². The van der Waals surface area contributed by atoms with Gasteiger partial charge in [0.25, 0.3) is 0 Å². The number of carbonyl (C=O) groups is 1. The summed E-state index contributed by atoms with van der Waals surface area (Å²) >= 11 is 0. The van der Waals surface area contributed by atoms with Crippen LogP contribution >= 0.6 is 0 Å². The highest BCUT2D eigenvalue weighted by atomic mass is 16.2. The summed E-state index contributed by atoms with van der Waals surface area (Å²) < 4.78 is 0. The lowest BCUT2D eigenvalue weighted by molar-refractivity contribution is 0.220. The summed E-state index contributed by atoms with van der Waals surface area (Å²) in [6, 6.07) is 8.93. The van der Waals surface area contributed by atoms with E-state index in [1.807, 2.05) is 6.92 Å². The van der Waals surface area contributed by atoms with Gasteiger partial charge in [0, 0.05) is 24.8 Å². The first kappa shape index (κ1) is 13.4. The Morgan fingerprint density at radius 3 is 3.05 bits per heavy atom. The van der Waals surface area contributed by atoms with Crippen LogP contribution in [0.2, 0.25) is 0 Å². The van der Waals surface area contributed by atoms with Gasteiger partial charge in [-0.15, -0.1) is 0 Å². The molecule has 0 spiro atoms. The molecule has 0 aliphatic carbocycles. The van der Waals surface area contributed by atoms with E-state index in [-0.39, 0.29) is 12.1 Å². The zero-order valence-electron chi connectivity index (χ0n) is 11.0. The first-order valence-corrected chi connectivity index (χ1v) is 6.42. The van der Waals surface area contributed by atoms with Gasteiger partial charge in [-0.3, -0.25) is 0 Å². The Bertz CT molecular complexity index is 506. The summed E-state index contributed by atoms with van der Waals surface area (Å²) in [5.41, 5.74) is 7.04. The first-order valence-electron chi connectivity index (χ1n) is 6.42. The number of likely N-dealkylation sites (tertiary alicyclic amines) is 1. The molecular formula is C14H18N4O. The maximum absolute atomic E-state index is 12.1. The first-order chi connectivity index (χ1) is 9.10. The molecule has 1 heterocycles. The van der Waals surface area contributed by atoms with Crippen molar-refractivity contribution in [3.05, 3.63) is 29.8 Å². The molecule has 1 saturated heterocycles. The molecule has 0 bridgehead atoms. The Morgan fingerprint density at radius 2 is 2.42 bits per heavy atom. The summed E-state index contributed by atoms with van der Waals surface area (Å²) in [6.07, 6.45) is 0.948. The normalized spacial score (nSPS) is 19.8. The van der Waals surface area contributed by atoms with E-state index in [1.54, 1.807) is 29.2 Å². The van der Waals surface area contributed by atoms with Gasteiger partial charge in [-0.05, 0) is 37.5 Å². The second kappa shape index (κ2) is 5.72. The van der Waals surface area contributed by atoms with Crippen LogP contribution in [0.15, 0.2) is 24.3 Å². The number of urea groups is 1. The third-order valence-corrected chi connectivity index (χ3v) is 3.50. The Hall–Kier alpha value is -2.06. The van der Waals surface area contributed by atoms with Crippen molar-refractivity contribution in [2.24, 2.45) is 11.7 Å². The number of rotatable bonds is 2. The molecule has 0 aromatic heterocycles. The van der Waals surface area contributed by atoms with Gasteiger partial charge in [0.15, 0.2) is 0 Å². The van der Waals surface area contributed by atoms with Gasteiger partial charge in [-0.1, -0.05) is 6.07 Å². The van der Waals surface area contributed by atoms with Crippen LogP contribution in [0.4, 0.5) is 10.5 Å². The van der Waals surface area contributed by atoms with Crippen LogP contribution < -0.4 is 11.1 Å². The molecule has 3 N–H and O–H groups in total. The quantitative estimate of drug-likeness (QED) is 0.848. The van der Waals surface area contributed by atoms with E-state index < -0.39 is 0 Å². The molecule has 0 saturated carbocycles. The van der Waals surface area contributed by atoms with Crippen LogP contribution in [-0.2, 0) is 0 Å². The van der Waals surface area contributed by atoms with E-state index >= 15 is 0 Å². The zero-order chi connectivity index (χ0) is 13.8. The maximum atomic E-state index is 12.1. The maximum Gasteiger partial charge on any atom is 0.321 e. The van der Waals surface area contributed by atoms with Crippen LogP contribution in [0.5, 0.6) is 0 Å². The van der Waals surface area contributed by atoms with Crippen molar-refractivity contribution >= 4 is 11.7 Å². The number of carbonyl (C=O) groups excluding carboxylic acids is 1. The summed E-state index contributed by atoms with van der Waals surface area (Å²) in [5, 5.41) is 11.6. The van der Waals surface area contributed by atoms with Gasteiger partial charge < -0.3 is 16.0 Å². The second-order valence-electron chi connectivity index (χ2n) is 4.98. The fourth-order valence-electron chi connectivity index (χ4n) is 2.27. The highest BCUT2D eigenvalue weighted by molar-refractivity contribution is 5.89. The van der Waals surface area contributed by atoms with Gasteiger partial charge >= 0.3 is 6.03 Å². The van der Waals surface area contributed by atoms with Gasteiger partial charge in [-0.25, -0.2) is 4.79 Å². The van der Waals surface area contributed by atoms with Gasteiger partial charge in [0.05, 0.1) is 11.6 Å². The summed E-state index contributed by atoms with van der Waals surface area (Å²) in [4.78, 5) is 13.8. The van der Waals surface area contributed by atoms with Crippen molar-refractivity contribution in [2.45, 2.75) is 19.4 Å². The van der Waals surface area contributed by atoms with Crippen LogP contribution in [0, 0.1) is 17.2 Å². The average molecular weight is 258 g/mol. The molecule has 2 rings (SSSR count). The van der Waals surface area contributed by atoms with E-state index in [4.69, 9.17) is 11.0 Å². The molecular weight excluding hydrogens is 240 g/mol. The van der Waals surface area contributed by atoms with Gasteiger partial charge in [-0.2, -0.15) is 5.26 Å². The minimum atomic E-state index is -0.127. The summed E-state index contributed by atoms with van der Waals surface area (Å²) in [6.45, 7) is 3.40.